The molecule has 5 rings (SSSR count). The minimum absolute atomic E-state index is 0.0450. The predicted octanol–water partition coefficient (Wildman–Crippen LogP) is 6.98. The van der Waals surface area contributed by atoms with Crippen molar-refractivity contribution in [1.82, 2.24) is 9.55 Å². The van der Waals surface area contributed by atoms with E-state index in [4.69, 9.17) is 31.2 Å². The summed E-state index contributed by atoms with van der Waals surface area (Å²) in [5.41, 5.74) is 3.28. The number of aryl methyl sites for hydroxylation is 1. The second-order valence-corrected chi connectivity index (χ2v) is 10.6. The maximum Gasteiger partial charge on any atom is 0.490 e. The fourth-order valence-corrected chi connectivity index (χ4v) is 5.82. The van der Waals surface area contributed by atoms with Crippen molar-refractivity contribution >= 4 is 29.3 Å². The van der Waals surface area contributed by atoms with Gasteiger partial charge in [0.2, 0.25) is 12.4 Å². The van der Waals surface area contributed by atoms with Crippen LogP contribution in [0.2, 0.25) is 5.02 Å². The molecule has 1 N–H and O–H groups in total. The van der Waals surface area contributed by atoms with Crippen LogP contribution in [-0.2, 0) is 17.0 Å². The number of nitrogens with zero attached hydrogens (tertiary/aromatic N) is 3. The van der Waals surface area contributed by atoms with E-state index in [0.717, 1.165) is 48.0 Å². The Labute approximate surface area is 250 Å². The summed E-state index contributed by atoms with van der Waals surface area (Å²) in [6.45, 7) is 0. The van der Waals surface area contributed by atoms with Gasteiger partial charge in [0, 0.05) is 22.9 Å². The zero-order valence-electron chi connectivity index (χ0n) is 22.2. The number of imidazole rings is 1. The summed E-state index contributed by atoms with van der Waals surface area (Å²) >= 11 is 7.41. The zero-order valence-corrected chi connectivity index (χ0v) is 23.7. The molecule has 0 radical (unpaired) electrons. The summed E-state index contributed by atoms with van der Waals surface area (Å²) in [6, 6.07) is 11.7. The summed E-state index contributed by atoms with van der Waals surface area (Å²) in [7, 11) is 1.56. The van der Waals surface area contributed by atoms with Gasteiger partial charge in [0.05, 0.1) is 23.5 Å². The normalized spacial score (nSPS) is 14.5. The summed E-state index contributed by atoms with van der Waals surface area (Å²) in [5.74, 6) is -4.53. The first-order valence-electron chi connectivity index (χ1n) is 12.5. The van der Waals surface area contributed by atoms with Gasteiger partial charge in [-0.2, -0.15) is 26.7 Å². The lowest BCUT2D eigenvalue weighted by Crippen LogP contribution is -2.27. The molecule has 1 aliphatic rings. The first kappa shape index (κ1) is 32.0. The third kappa shape index (κ3) is 7.36. The van der Waals surface area contributed by atoms with Gasteiger partial charge in [-0.3, -0.25) is 4.57 Å². The van der Waals surface area contributed by atoms with Crippen LogP contribution < -0.4 is 9.47 Å². The maximum absolute atomic E-state index is 14.3. The fraction of sp³-hybridized carbons (Fsp3) is 0.250. The number of hydrogen-bond donors (Lipinski definition) is 1. The Balaban J connectivity index is 0.000000541. The van der Waals surface area contributed by atoms with Crippen LogP contribution in [0.1, 0.15) is 41.3 Å². The highest BCUT2D eigenvalue weighted by Gasteiger charge is 2.38. The molecular weight excluding hydrogens is 624 g/mol. The smallest absolute Gasteiger partial charge is 0.490 e. The number of fused-ring (bicyclic) bond motifs is 1. The quantitative estimate of drug-likeness (QED) is 0.105. The van der Waals surface area contributed by atoms with E-state index in [1.165, 1.54) is 12.1 Å². The molecule has 0 saturated carbocycles. The SMILES string of the molecule is COc1cc(C2CCCc3nc(SCc4c(F)c[n+]([O-])cc4F)n(-c4ccc(F)cc4)c32)ccc1Cl.O=C(O)C(F)(F)F. The number of carboxylic acid groups (broad SMARTS) is 1. The minimum atomic E-state index is -5.08. The number of rotatable bonds is 6. The largest absolute Gasteiger partial charge is 0.619 e. The highest BCUT2D eigenvalue weighted by Crippen LogP contribution is 2.42. The van der Waals surface area contributed by atoms with Gasteiger partial charge in [0.1, 0.15) is 11.6 Å². The van der Waals surface area contributed by atoms with Crippen molar-refractivity contribution in [3.63, 3.8) is 0 Å². The molecule has 2 heterocycles. The first-order valence-corrected chi connectivity index (χ1v) is 13.9. The monoisotopic (exact) mass is 645 g/mol. The Bertz CT molecular complexity index is 1610. The Morgan fingerprint density at radius 3 is 2.37 bits per heavy atom. The van der Waals surface area contributed by atoms with Gasteiger partial charge in [0.25, 0.3) is 0 Å². The number of carboxylic acids is 1. The van der Waals surface area contributed by atoms with E-state index in [1.807, 2.05) is 16.7 Å². The second kappa shape index (κ2) is 13.2. The number of aliphatic carboxylic acids is 1. The van der Waals surface area contributed by atoms with E-state index in [2.05, 4.69) is 0 Å². The lowest BCUT2D eigenvalue weighted by molar-refractivity contribution is -0.609. The van der Waals surface area contributed by atoms with E-state index < -0.39 is 23.8 Å². The Kier molecular flexibility index (Phi) is 9.80. The van der Waals surface area contributed by atoms with Gasteiger partial charge in [-0.15, -0.1) is 0 Å². The zero-order chi connectivity index (χ0) is 31.5. The Hall–Kier alpha value is -3.91. The number of pyridine rings is 1. The molecular formula is C28H22ClF6N3O4S. The lowest BCUT2D eigenvalue weighted by Gasteiger charge is -2.25. The first-order chi connectivity index (χ1) is 20.3. The molecule has 0 fully saturated rings. The van der Waals surface area contributed by atoms with Crippen LogP contribution in [0.15, 0.2) is 60.0 Å². The van der Waals surface area contributed by atoms with Crippen molar-refractivity contribution in [2.45, 2.75) is 42.3 Å². The number of benzene rings is 2. The van der Waals surface area contributed by atoms with Gasteiger partial charge >= 0.3 is 12.1 Å². The summed E-state index contributed by atoms with van der Waals surface area (Å²) in [5, 5.41) is 19.5. The molecule has 4 aromatic rings. The summed E-state index contributed by atoms with van der Waals surface area (Å²) < 4.78 is 81.6. The maximum atomic E-state index is 14.3. The molecule has 7 nitrogen and oxygen atoms in total. The van der Waals surface area contributed by atoms with Crippen LogP contribution in [0.5, 0.6) is 5.75 Å². The van der Waals surface area contributed by atoms with Gasteiger partial charge < -0.3 is 15.1 Å². The number of carbonyl (C=O) groups is 1. The molecule has 0 bridgehead atoms. The van der Waals surface area contributed by atoms with Crippen LogP contribution >= 0.6 is 23.4 Å². The van der Waals surface area contributed by atoms with E-state index in [0.29, 0.717) is 34.0 Å². The molecule has 1 atom stereocenters. The highest BCUT2D eigenvalue weighted by molar-refractivity contribution is 7.98. The van der Waals surface area contributed by atoms with E-state index >= 15 is 0 Å². The predicted molar refractivity (Wildman–Crippen MR) is 145 cm³/mol. The fourth-order valence-electron chi connectivity index (χ4n) is 4.57. The van der Waals surface area contributed by atoms with Crippen molar-refractivity contribution in [2.24, 2.45) is 0 Å². The number of aromatic nitrogens is 3. The van der Waals surface area contributed by atoms with E-state index in [9.17, 15) is 31.5 Å². The summed E-state index contributed by atoms with van der Waals surface area (Å²) in [6.07, 6.45) is -1.21. The van der Waals surface area contributed by atoms with Gasteiger partial charge in [-0.1, -0.05) is 29.4 Å². The number of hydrogen-bond acceptors (Lipinski definition) is 5. The number of methoxy groups -OCH3 is 1. The lowest BCUT2D eigenvalue weighted by atomic mass is 9.84. The van der Waals surface area contributed by atoms with Gasteiger partial charge in [0.15, 0.2) is 16.8 Å². The van der Waals surface area contributed by atoms with Crippen molar-refractivity contribution in [3.05, 3.63) is 105 Å². The molecule has 0 aliphatic heterocycles. The average Bonchev–Trinajstić information content (AvgIpc) is 3.31. The highest BCUT2D eigenvalue weighted by atomic mass is 35.5. The molecule has 15 heteroatoms. The van der Waals surface area contributed by atoms with Gasteiger partial charge in [-0.25, -0.2) is 14.2 Å². The standard InChI is InChI=1S/C26H21ClF3N3O2S.C2HF3O2/c1-35-24-11-15(5-10-20(24)27)18-3-2-4-23-25(18)33(17-8-6-16(28)7-9-17)26(31-23)36-14-19-21(29)12-32(34)13-22(19)30;3-2(4,5)1(6)7/h5-13,18H,2-4,14H2,1H3;(H,6,7). The number of halogens is 7. The summed E-state index contributed by atoms with van der Waals surface area (Å²) in [4.78, 5) is 13.7. The average molecular weight is 646 g/mol. The van der Waals surface area contributed by atoms with Crippen LogP contribution in [0.25, 0.3) is 5.69 Å². The Morgan fingerprint density at radius 2 is 1.79 bits per heavy atom. The topological polar surface area (TPSA) is 91.3 Å². The van der Waals surface area contributed by atoms with Crippen molar-refractivity contribution in [2.75, 3.05) is 7.11 Å². The van der Waals surface area contributed by atoms with E-state index in [-0.39, 0.29) is 27.8 Å². The molecule has 2 aromatic heterocycles. The third-order valence-electron chi connectivity index (χ3n) is 6.50. The minimum Gasteiger partial charge on any atom is -0.619 e. The molecule has 0 spiro atoms. The van der Waals surface area contributed by atoms with Crippen LogP contribution in [0.4, 0.5) is 26.3 Å². The van der Waals surface area contributed by atoms with Gasteiger partial charge in [-0.05, 0) is 61.2 Å². The Morgan fingerprint density at radius 1 is 1.16 bits per heavy atom. The number of ether oxygens (including phenoxy) is 1. The number of thioether (sulfide) groups is 1. The van der Waals surface area contributed by atoms with Crippen LogP contribution in [-0.4, -0.2) is 33.9 Å². The third-order valence-corrected chi connectivity index (χ3v) is 7.78. The van der Waals surface area contributed by atoms with Crippen LogP contribution in [0, 0.1) is 22.7 Å². The molecule has 0 amide bonds. The molecule has 228 valence electrons. The molecule has 1 unspecified atom stereocenters. The molecule has 1 aliphatic carbocycles. The number of alkyl halides is 3. The van der Waals surface area contributed by atoms with Crippen molar-refractivity contribution in [1.29, 1.82) is 0 Å². The van der Waals surface area contributed by atoms with E-state index in [1.54, 1.807) is 25.3 Å². The van der Waals surface area contributed by atoms with Crippen molar-refractivity contribution in [3.8, 4) is 11.4 Å². The molecule has 0 saturated heterocycles. The second-order valence-electron chi connectivity index (χ2n) is 9.26. The molecule has 43 heavy (non-hydrogen) atoms. The molecule has 2 aromatic carbocycles. The van der Waals surface area contributed by atoms with Crippen LogP contribution in [0.3, 0.4) is 0 Å². The van der Waals surface area contributed by atoms with Crippen molar-refractivity contribution < 1.29 is 45.7 Å².